The Bertz CT molecular complexity index is 263. The highest BCUT2D eigenvalue weighted by Crippen LogP contribution is 2.25. The molecule has 0 aromatic carbocycles. The van der Waals surface area contributed by atoms with E-state index in [0.717, 1.165) is 12.8 Å². The van der Waals surface area contributed by atoms with Gasteiger partial charge in [-0.1, -0.05) is 0 Å². The molecular formula is C11H18O5. The Hall–Kier alpha value is -1.10. The summed E-state index contributed by atoms with van der Waals surface area (Å²) < 4.78 is 10.2. The second-order valence-corrected chi connectivity index (χ2v) is 4.02. The zero-order valence-electron chi connectivity index (χ0n) is 9.64. The van der Waals surface area contributed by atoms with Gasteiger partial charge in [-0.2, -0.15) is 0 Å². The average molecular weight is 230 g/mol. The molecule has 5 heteroatoms. The van der Waals surface area contributed by atoms with E-state index in [1.807, 2.05) is 6.92 Å². The minimum Gasteiger partial charge on any atom is -0.481 e. The van der Waals surface area contributed by atoms with Crippen LogP contribution < -0.4 is 0 Å². The van der Waals surface area contributed by atoms with Gasteiger partial charge >= 0.3 is 11.9 Å². The van der Waals surface area contributed by atoms with Crippen LogP contribution in [0.3, 0.4) is 0 Å². The van der Waals surface area contributed by atoms with Crippen molar-refractivity contribution in [3.05, 3.63) is 0 Å². The fraction of sp³-hybridized carbons (Fsp3) is 0.818. The summed E-state index contributed by atoms with van der Waals surface area (Å²) in [6.07, 6.45) is 1.95. The number of esters is 1. The third-order valence-electron chi connectivity index (χ3n) is 2.69. The molecule has 0 aromatic rings. The molecule has 1 rings (SSSR count). The molecule has 1 N–H and O–H groups in total. The molecule has 0 spiro atoms. The number of hydrogen-bond donors (Lipinski definition) is 1. The number of aliphatic carboxylic acids is 1. The summed E-state index contributed by atoms with van der Waals surface area (Å²) in [4.78, 5) is 22.3. The highest BCUT2D eigenvalue weighted by molar-refractivity contribution is 5.93. The highest BCUT2D eigenvalue weighted by Gasteiger charge is 2.33. The van der Waals surface area contributed by atoms with E-state index in [1.54, 1.807) is 6.92 Å². The van der Waals surface area contributed by atoms with Gasteiger partial charge in [0.25, 0.3) is 0 Å². The Balaban J connectivity index is 2.51. The minimum absolute atomic E-state index is 0.138. The van der Waals surface area contributed by atoms with Gasteiger partial charge in [0, 0.05) is 0 Å². The van der Waals surface area contributed by atoms with E-state index in [9.17, 15) is 9.59 Å². The molecule has 0 bridgehead atoms. The van der Waals surface area contributed by atoms with Crippen molar-refractivity contribution in [2.24, 2.45) is 5.92 Å². The van der Waals surface area contributed by atoms with E-state index in [0.29, 0.717) is 0 Å². The molecule has 0 aromatic heterocycles. The molecule has 5 nitrogen and oxygen atoms in total. The summed E-state index contributed by atoms with van der Waals surface area (Å²) in [7, 11) is 0. The Morgan fingerprint density at radius 1 is 1.50 bits per heavy atom. The number of carbonyl (C=O) groups is 2. The summed E-state index contributed by atoms with van der Waals surface area (Å²) in [5.74, 6) is -2.91. The summed E-state index contributed by atoms with van der Waals surface area (Å²) in [6.45, 7) is 3.80. The van der Waals surface area contributed by atoms with E-state index in [4.69, 9.17) is 14.6 Å². The number of hydrogen-bond acceptors (Lipinski definition) is 4. The van der Waals surface area contributed by atoms with Gasteiger partial charge in [-0.3, -0.25) is 9.59 Å². The fourth-order valence-corrected chi connectivity index (χ4v) is 1.86. The average Bonchev–Trinajstić information content (AvgIpc) is 2.60. The molecule has 16 heavy (non-hydrogen) atoms. The van der Waals surface area contributed by atoms with Crippen molar-refractivity contribution in [3.8, 4) is 0 Å². The number of carboxylic acids is 1. The van der Waals surface area contributed by atoms with Crippen LogP contribution in [-0.4, -0.2) is 35.9 Å². The summed E-state index contributed by atoms with van der Waals surface area (Å²) in [6, 6.07) is 0. The van der Waals surface area contributed by atoms with Crippen molar-refractivity contribution >= 4 is 11.9 Å². The molecule has 3 unspecified atom stereocenters. The van der Waals surface area contributed by atoms with E-state index in [1.165, 1.54) is 0 Å². The molecular weight excluding hydrogens is 212 g/mol. The van der Waals surface area contributed by atoms with E-state index in [2.05, 4.69) is 0 Å². The van der Waals surface area contributed by atoms with Crippen LogP contribution in [0.5, 0.6) is 0 Å². The first kappa shape index (κ1) is 13.0. The van der Waals surface area contributed by atoms with Gasteiger partial charge in [0.2, 0.25) is 0 Å². The van der Waals surface area contributed by atoms with Crippen LogP contribution in [0.4, 0.5) is 0 Å². The van der Waals surface area contributed by atoms with Crippen LogP contribution in [0.1, 0.15) is 33.1 Å². The summed E-state index contributed by atoms with van der Waals surface area (Å²) >= 11 is 0. The molecule has 1 saturated heterocycles. The van der Waals surface area contributed by atoms with Crippen LogP contribution in [0.15, 0.2) is 0 Å². The molecule has 3 atom stereocenters. The van der Waals surface area contributed by atoms with Gasteiger partial charge in [0.15, 0.2) is 5.92 Å². The molecule has 0 radical (unpaired) electrons. The summed E-state index contributed by atoms with van der Waals surface area (Å²) in [5, 5.41) is 8.94. The molecule has 1 aliphatic heterocycles. The zero-order valence-corrected chi connectivity index (χ0v) is 9.64. The van der Waals surface area contributed by atoms with Gasteiger partial charge in [0.05, 0.1) is 18.8 Å². The Labute approximate surface area is 94.7 Å². The Morgan fingerprint density at radius 3 is 2.62 bits per heavy atom. The van der Waals surface area contributed by atoms with Gasteiger partial charge in [-0.15, -0.1) is 0 Å². The van der Waals surface area contributed by atoms with Crippen molar-refractivity contribution in [3.63, 3.8) is 0 Å². The van der Waals surface area contributed by atoms with Crippen molar-refractivity contribution in [2.75, 3.05) is 6.61 Å². The lowest BCUT2D eigenvalue weighted by molar-refractivity contribution is -0.160. The maximum Gasteiger partial charge on any atom is 0.320 e. The Kier molecular flexibility index (Phi) is 4.73. The molecule has 1 fully saturated rings. The van der Waals surface area contributed by atoms with Gasteiger partial charge in [-0.25, -0.2) is 0 Å². The van der Waals surface area contributed by atoms with Crippen molar-refractivity contribution in [1.29, 1.82) is 0 Å². The zero-order chi connectivity index (χ0) is 12.1. The summed E-state index contributed by atoms with van der Waals surface area (Å²) in [5.41, 5.74) is 0. The number of carboxylic acid groups (broad SMARTS) is 1. The molecule has 92 valence electrons. The maximum atomic E-state index is 11.4. The van der Waals surface area contributed by atoms with Gasteiger partial charge in [0.1, 0.15) is 0 Å². The lowest BCUT2D eigenvalue weighted by Crippen LogP contribution is -2.29. The Morgan fingerprint density at radius 2 is 2.19 bits per heavy atom. The van der Waals surface area contributed by atoms with Crippen molar-refractivity contribution in [2.45, 2.75) is 45.3 Å². The molecule has 0 amide bonds. The molecule has 0 aliphatic carbocycles. The smallest absolute Gasteiger partial charge is 0.320 e. The predicted molar refractivity (Wildman–Crippen MR) is 55.9 cm³/mol. The third-order valence-corrected chi connectivity index (χ3v) is 2.69. The van der Waals surface area contributed by atoms with Crippen LogP contribution in [0.2, 0.25) is 0 Å². The fourth-order valence-electron chi connectivity index (χ4n) is 1.86. The first-order valence-corrected chi connectivity index (χ1v) is 5.59. The quantitative estimate of drug-likeness (QED) is 0.567. The first-order valence-electron chi connectivity index (χ1n) is 5.59. The second kappa shape index (κ2) is 5.84. The number of rotatable bonds is 5. The van der Waals surface area contributed by atoms with Crippen LogP contribution in [-0.2, 0) is 19.1 Å². The predicted octanol–water partition coefficient (Wildman–Crippen LogP) is 1.21. The largest absolute Gasteiger partial charge is 0.481 e. The molecule has 1 heterocycles. The number of ether oxygens (including phenoxy) is 2. The lowest BCUT2D eigenvalue weighted by atomic mass is 10.00. The van der Waals surface area contributed by atoms with Crippen LogP contribution in [0.25, 0.3) is 0 Å². The topological polar surface area (TPSA) is 72.8 Å². The third kappa shape index (κ3) is 3.48. The SMILES string of the molecule is CCOC(=O)C(CC1CCC(C)O1)C(=O)O. The standard InChI is InChI=1S/C11H18O5/c1-3-15-11(14)9(10(12)13)6-8-5-4-7(2)16-8/h7-9H,3-6H2,1-2H3,(H,12,13). The van der Waals surface area contributed by atoms with Crippen LogP contribution in [0, 0.1) is 5.92 Å². The maximum absolute atomic E-state index is 11.4. The van der Waals surface area contributed by atoms with E-state index in [-0.39, 0.29) is 25.2 Å². The van der Waals surface area contributed by atoms with Crippen molar-refractivity contribution in [1.82, 2.24) is 0 Å². The van der Waals surface area contributed by atoms with E-state index < -0.39 is 17.9 Å². The van der Waals surface area contributed by atoms with Crippen molar-refractivity contribution < 1.29 is 24.2 Å². The molecule has 1 aliphatic rings. The minimum atomic E-state index is -1.14. The lowest BCUT2D eigenvalue weighted by Gasteiger charge is -2.16. The van der Waals surface area contributed by atoms with E-state index >= 15 is 0 Å². The monoisotopic (exact) mass is 230 g/mol. The van der Waals surface area contributed by atoms with Gasteiger partial charge in [-0.05, 0) is 33.1 Å². The first-order chi connectivity index (χ1) is 7.54. The second-order valence-electron chi connectivity index (χ2n) is 4.02. The highest BCUT2D eigenvalue weighted by atomic mass is 16.5. The normalized spacial score (nSPS) is 26.4. The van der Waals surface area contributed by atoms with Crippen LogP contribution >= 0.6 is 0 Å². The number of carbonyl (C=O) groups excluding carboxylic acids is 1. The van der Waals surface area contributed by atoms with Gasteiger partial charge < -0.3 is 14.6 Å². The molecule has 0 saturated carbocycles.